The van der Waals surface area contributed by atoms with Gasteiger partial charge in [-0.25, -0.2) is 4.98 Å². The zero-order valence-corrected chi connectivity index (χ0v) is 15.6. The number of hydrogen-bond donors (Lipinski definition) is 1. The number of nitrogens with one attached hydrogen (secondary N) is 1. The molecule has 0 amide bonds. The van der Waals surface area contributed by atoms with E-state index in [1.165, 1.54) is 0 Å². The maximum atomic E-state index is 5.54. The van der Waals surface area contributed by atoms with Crippen LogP contribution in [0.1, 0.15) is 38.9 Å². The van der Waals surface area contributed by atoms with Crippen LogP contribution in [0.25, 0.3) is 22.3 Å². The largest absolute Gasteiger partial charge is 0.379 e. The summed E-state index contributed by atoms with van der Waals surface area (Å²) >= 11 is 0. The van der Waals surface area contributed by atoms with Crippen molar-refractivity contribution in [2.24, 2.45) is 0 Å². The van der Waals surface area contributed by atoms with Gasteiger partial charge in [-0.15, -0.1) is 0 Å². The fourth-order valence-electron chi connectivity index (χ4n) is 3.52. The van der Waals surface area contributed by atoms with Crippen molar-refractivity contribution in [3.8, 4) is 11.3 Å². The SMILES string of the molecule is CCc1ncccc1-c1cc(N[C@@H]2CCOC2)c2c(cnn2C(C)C)n1. The fourth-order valence-corrected chi connectivity index (χ4v) is 3.52. The molecule has 0 spiro atoms. The molecule has 1 aliphatic rings. The number of hydrogen-bond acceptors (Lipinski definition) is 5. The molecule has 26 heavy (non-hydrogen) atoms. The van der Waals surface area contributed by atoms with Gasteiger partial charge in [0.15, 0.2) is 0 Å². The van der Waals surface area contributed by atoms with Crippen LogP contribution in [0.5, 0.6) is 0 Å². The summed E-state index contributed by atoms with van der Waals surface area (Å²) < 4.78 is 7.58. The lowest BCUT2D eigenvalue weighted by Gasteiger charge is -2.17. The summed E-state index contributed by atoms with van der Waals surface area (Å²) in [5.74, 6) is 0. The van der Waals surface area contributed by atoms with Gasteiger partial charge in [-0.05, 0) is 44.9 Å². The van der Waals surface area contributed by atoms with Gasteiger partial charge in [0.05, 0.1) is 30.2 Å². The van der Waals surface area contributed by atoms with E-state index in [-0.39, 0.29) is 6.04 Å². The Morgan fingerprint density at radius 2 is 2.27 bits per heavy atom. The highest BCUT2D eigenvalue weighted by molar-refractivity contribution is 5.91. The molecule has 0 unspecified atom stereocenters. The molecule has 6 nitrogen and oxygen atoms in total. The Morgan fingerprint density at radius 3 is 3.00 bits per heavy atom. The van der Waals surface area contributed by atoms with E-state index < -0.39 is 0 Å². The zero-order chi connectivity index (χ0) is 18.1. The van der Waals surface area contributed by atoms with E-state index in [1.54, 1.807) is 0 Å². The number of anilines is 1. The van der Waals surface area contributed by atoms with E-state index in [0.29, 0.717) is 6.04 Å². The van der Waals surface area contributed by atoms with Crippen LogP contribution >= 0.6 is 0 Å². The third kappa shape index (κ3) is 3.05. The standard InChI is InChI=1S/C20H25N5O/c1-4-16-15(6-5-8-21-16)17-10-18(23-14-7-9-26-12-14)20-19(24-17)11-22-25(20)13(2)3/h5-6,8,10-11,13-14H,4,7,9,12H2,1-3H3,(H,23,24)/t14-/m1/s1. The van der Waals surface area contributed by atoms with Gasteiger partial charge in [0.1, 0.15) is 11.0 Å². The second-order valence-corrected chi connectivity index (χ2v) is 7.03. The van der Waals surface area contributed by atoms with Crippen molar-refractivity contribution in [1.29, 1.82) is 0 Å². The highest BCUT2D eigenvalue weighted by Gasteiger charge is 2.20. The number of nitrogens with zero attached hydrogens (tertiary/aromatic N) is 4. The molecule has 4 rings (SSSR count). The smallest absolute Gasteiger partial charge is 0.111 e. The monoisotopic (exact) mass is 351 g/mol. The van der Waals surface area contributed by atoms with E-state index in [4.69, 9.17) is 9.72 Å². The van der Waals surface area contributed by atoms with Crippen LogP contribution in [0.15, 0.2) is 30.6 Å². The lowest BCUT2D eigenvalue weighted by molar-refractivity contribution is 0.195. The van der Waals surface area contributed by atoms with Crippen LogP contribution < -0.4 is 5.32 Å². The van der Waals surface area contributed by atoms with E-state index in [0.717, 1.165) is 59.7 Å². The quantitative estimate of drug-likeness (QED) is 0.757. The number of rotatable bonds is 5. The van der Waals surface area contributed by atoms with Crippen LogP contribution in [-0.2, 0) is 11.2 Å². The Hall–Kier alpha value is -2.47. The third-order valence-corrected chi connectivity index (χ3v) is 4.83. The van der Waals surface area contributed by atoms with E-state index >= 15 is 0 Å². The first kappa shape index (κ1) is 17.0. The molecule has 3 aromatic heterocycles. The molecule has 0 saturated carbocycles. The Bertz CT molecular complexity index is 912. The van der Waals surface area contributed by atoms with Crippen LogP contribution in [0.3, 0.4) is 0 Å². The highest BCUT2D eigenvalue weighted by Crippen LogP contribution is 2.32. The molecule has 1 N–H and O–H groups in total. The van der Waals surface area contributed by atoms with Crippen LogP contribution in [0.4, 0.5) is 5.69 Å². The fraction of sp³-hybridized carbons (Fsp3) is 0.450. The Kier molecular flexibility index (Phi) is 4.59. The van der Waals surface area contributed by atoms with Crippen LogP contribution in [0.2, 0.25) is 0 Å². The maximum Gasteiger partial charge on any atom is 0.111 e. The van der Waals surface area contributed by atoms with E-state index in [9.17, 15) is 0 Å². The van der Waals surface area contributed by atoms with E-state index in [2.05, 4.69) is 48.3 Å². The summed E-state index contributed by atoms with van der Waals surface area (Å²) in [6, 6.07) is 6.79. The second-order valence-electron chi connectivity index (χ2n) is 7.03. The first-order valence-electron chi connectivity index (χ1n) is 9.34. The number of aryl methyl sites for hydroxylation is 1. The molecule has 136 valence electrons. The summed E-state index contributed by atoms with van der Waals surface area (Å²) in [6.07, 6.45) is 5.59. The minimum absolute atomic E-state index is 0.269. The summed E-state index contributed by atoms with van der Waals surface area (Å²) in [5, 5.41) is 8.24. The predicted molar refractivity (Wildman–Crippen MR) is 103 cm³/mol. The lowest BCUT2D eigenvalue weighted by atomic mass is 10.1. The van der Waals surface area contributed by atoms with Crippen molar-refractivity contribution < 1.29 is 4.74 Å². The van der Waals surface area contributed by atoms with Gasteiger partial charge < -0.3 is 10.1 Å². The summed E-state index contributed by atoms with van der Waals surface area (Å²) in [4.78, 5) is 9.42. The van der Waals surface area contributed by atoms with Crippen LogP contribution in [0, 0.1) is 0 Å². The number of pyridine rings is 2. The van der Waals surface area contributed by atoms with Crippen molar-refractivity contribution in [1.82, 2.24) is 19.7 Å². The minimum atomic E-state index is 0.269. The minimum Gasteiger partial charge on any atom is -0.379 e. The Morgan fingerprint density at radius 1 is 1.38 bits per heavy atom. The summed E-state index contributed by atoms with van der Waals surface area (Å²) in [6.45, 7) is 7.95. The van der Waals surface area contributed by atoms with Crippen LogP contribution in [-0.4, -0.2) is 39.0 Å². The molecule has 1 saturated heterocycles. The first-order chi connectivity index (χ1) is 12.7. The molecule has 1 fully saturated rings. The molecule has 0 bridgehead atoms. The maximum absolute atomic E-state index is 5.54. The average molecular weight is 351 g/mol. The number of ether oxygens (including phenoxy) is 1. The molecule has 0 aromatic carbocycles. The van der Waals surface area contributed by atoms with Gasteiger partial charge in [0, 0.05) is 30.1 Å². The summed E-state index contributed by atoms with van der Waals surface area (Å²) in [7, 11) is 0. The van der Waals surface area contributed by atoms with Gasteiger partial charge in [-0.1, -0.05) is 6.92 Å². The third-order valence-electron chi connectivity index (χ3n) is 4.83. The van der Waals surface area contributed by atoms with Crippen molar-refractivity contribution in [2.45, 2.75) is 45.7 Å². The number of fused-ring (bicyclic) bond motifs is 1. The highest BCUT2D eigenvalue weighted by atomic mass is 16.5. The van der Waals surface area contributed by atoms with Crippen molar-refractivity contribution in [3.63, 3.8) is 0 Å². The second kappa shape index (κ2) is 7.03. The lowest BCUT2D eigenvalue weighted by Crippen LogP contribution is -2.20. The average Bonchev–Trinajstić information content (AvgIpc) is 3.31. The van der Waals surface area contributed by atoms with Gasteiger partial charge in [0.2, 0.25) is 0 Å². The molecule has 1 atom stereocenters. The van der Waals surface area contributed by atoms with Crippen molar-refractivity contribution in [3.05, 3.63) is 36.3 Å². The zero-order valence-electron chi connectivity index (χ0n) is 15.6. The normalized spacial score (nSPS) is 17.3. The van der Waals surface area contributed by atoms with Crippen molar-refractivity contribution >= 4 is 16.7 Å². The topological polar surface area (TPSA) is 64.9 Å². The Balaban J connectivity index is 1.87. The predicted octanol–water partition coefficient (Wildman–Crippen LogP) is 3.84. The molecule has 0 aliphatic carbocycles. The van der Waals surface area contributed by atoms with Gasteiger partial charge in [0.25, 0.3) is 0 Å². The first-order valence-corrected chi connectivity index (χ1v) is 9.34. The van der Waals surface area contributed by atoms with E-state index in [1.807, 2.05) is 23.1 Å². The van der Waals surface area contributed by atoms with Gasteiger partial charge in [-0.3, -0.25) is 9.67 Å². The molecular weight excluding hydrogens is 326 g/mol. The molecular formula is C20H25N5O. The van der Waals surface area contributed by atoms with Gasteiger partial charge in [-0.2, -0.15) is 5.10 Å². The number of aromatic nitrogens is 4. The molecule has 0 radical (unpaired) electrons. The molecule has 6 heteroatoms. The summed E-state index contributed by atoms with van der Waals surface area (Å²) in [5.41, 5.74) is 6.11. The Labute approximate surface area is 153 Å². The molecule has 4 heterocycles. The van der Waals surface area contributed by atoms with Gasteiger partial charge >= 0.3 is 0 Å². The molecule has 3 aromatic rings. The van der Waals surface area contributed by atoms with Crippen molar-refractivity contribution in [2.75, 3.05) is 18.5 Å². The molecule has 1 aliphatic heterocycles.